The van der Waals surface area contributed by atoms with Crippen molar-refractivity contribution in [1.29, 1.82) is 0 Å². The molecule has 18 heavy (non-hydrogen) atoms. The molecule has 0 fully saturated rings. The summed E-state index contributed by atoms with van der Waals surface area (Å²) in [6.07, 6.45) is 2.05. The van der Waals surface area contributed by atoms with Crippen LogP contribution in [-0.2, 0) is 16.0 Å². The van der Waals surface area contributed by atoms with Crippen LogP contribution in [0.1, 0.15) is 25.8 Å². The summed E-state index contributed by atoms with van der Waals surface area (Å²) in [6.45, 7) is 5.02. The van der Waals surface area contributed by atoms with Gasteiger partial charge in [0, 0.05) is 17.3 Å². The Morgan fingerprint density at radius 2 is 2.33 bits per heavy atom. The molecule has 3 nitrogen and oxygen atoms in total. The summed E-state index contributed by atoms with van der Waals surface area (Å²) >= 11 is 6.01. The molecule has 0 saturated heterocycles. The Kier molecular flexibility index (Phi) is 4.12. The number of carbonyl (C=O) groups is 1. The molecule has 1 atom stereocenters. The molecule has 0 spiro atoms. The van der Waals surface area contributed by atoms with Crippen LogP contribution in [0.4, 0.5) is 5.69 Å². The van der Waals surface area contributed by atoms with Gasteiger partial charge in [0.25, 0.3) is 0 Å². The van der Waals surface area contributed by atoms with E-state index in [-0.39, 0.29) is 12.0 Å². The van der Waals surface area contributed by atoms with Gasteiger partial charge in [-0.25, -0.2) is 4.79 Å². The van der Waals surface area contributed by atoms with Crippen molar-refractivity contribution in [1.82, 2.24) is 0 Å². The number of ether oxygens (including phenoxy) is 1. The fraction of sp³-hybridized carbons (Fsp3) is 0.500. The number of carbonyl (C=O) groups excluding carboxylic acids is 1. The lowest BCUT2D eigenvalue weighted by molar-refractivity contribution is -0.144. The fourth-order valence-electron chi connectivity index (χ4n) is 2.39. The zero-order valence-electron chi connectivity index (χ0n) is 10.8. The van der Waals surface area contributed by atoms with Gasteiger partial charge in [0.2, 0.25) is 0 Å². The molecule has 0 saturated carbocycles. The summed E-state index contributed by atoms with van der Waals surface area (Å²) in [6, 6.07) is 5.61. The van der Waals surface area contributed by atoms with Crippen molar-refractivity contribution in [2.75, 3.05) is 18.1 Å². The lowest BCUT2D eigenvalue weighted by Crippen LogP contribution is -2.43. The zero-order valence-corrected chi connectivity index (χ0v) is 11.5. The Morgan fingerprint density at radius 1 is 1.56 bits per heavy atom. The molecule has 1 aliphatic rings. The van der Waals surface area contributed by atoms with Crippen LogP contribution in [0.5, 0.6) is 0 Å². The van der Waals surface area contributed by atoms with Crippen molar-refractivity contribution in [3.8, 4) is 0 Å². The largest absolute Gasteiger partial charge is 0.464 e. The third-order valence-electron chi connectivity index (χ3n) is 3.29. The number of hydrogen-bond donors (Lipinski definition) is 0. The Bertz CT molecular complexity index is 447. The first kappa shape index (κ1) is 13.2. The maximum Gasteiger partial charge on any atom is 0.328 e. The molecule has 4 heteroatoms. The molecule has 0 amide bonds. The van der Waals surface area contributed by atoms with Crippen LogP contribution in [0.3, 0.4) is 0 Å². The van der Waals surface area contributed by atoms with Crippen molar-refractivity contribution < 1.29 is 9.53 Å². The van der Waals surface area contributed by atoms with E-state index in [0.717, 1.165) is 30.1 Å². The van der Waals surface area contributed by atoms with Gasteiger partial charge in [-0.2, -0.15) is 0 Å². The van der Waals surface area contributed by atoms with Gasteiger partial charge in [0.15, 0.2) is 0 Å². The highest BCUT2D eigenvalue weighted by Crippen LogP contribution is 2.31. The van der Waals surface area contributed by atoms with Gasteiger partial charge in [0.05, 0.1) is 6.61 Å². The average Bonchev–Trinajstić information content (AvgIpc) is 2.37. The number of fused-ring (bicyclic) bond motifs is 1. The topological polar surface area (TPSA) is 29.5 Å². The predicted molar refractivity (Wildman–Crippen MR) is 73.2 cm³/mol. The van der Waals surface area contributed by atoms with Crippen molar-refractivity contribution in [3.63, 3.8) is 0 Å². The summed E-state index contributed by atoms with van der Waals surface area (Å²) in [7, 11) is 0. The third kappa shape index (κ3) is 2.61. The highest BCUT2D eigenvalue weighted by molar-refractivity contribution is 6.30. The maximum atomic E-state index is 11.8. The first-order valence-corrected chi connectivity index (χ1v) is 6.73. The minimum Gasteiger partial charge on any atom is -0.464 e. The summed E-state index contributed by atoms with van der Waals surface area (Å²) in [4.78, 5) is 13.9. The van der Waals surface area contributed by atoms with E-state index < -0.39 is 0 Å². The quantitative estimate of drug-likeness (QED) is 0.789. The number of anilines is 1. The van der Waals surface area contributed by atoms with E-state index in [2.05, 4.69) is 4.90 Å². The van der Waals surface area contributed by atoms with Gasteiger partial charge in [-0.1, -0.05) is 11.6 Å². The SMILES string of the molecule is CCOC(=O)[C@@H](C)N1CCCc2cc(Cl)ccc21. The van der Waals surface area contributed by atoms with Crippen LogP contribution in [-0.4, -0.2) is 25.2 Å². The van der Waals surface area contributed by atoms with Crippen LogP contribution in [0.2, 0.25) is 5.02 Å². The Labute approximate surface area is 113 Å². The second kappa shape index (κ2) is 5.61. The molecular formula is C14H18ClNO2. The molecule has 0 radical (unpaired) electrons. The smallest absolute Gasteiger partial charge is 0.328 e. The molecule has 1 aliphatic heterocycles. The number of aryl methyl sites for hydroxylation is 1. The van der Waals surface area contributed by atoms with E-state index in [1.54, 1.807) is 0 Å². The van der Waals surface area contributed by atoms with Gasteiger partial charge in [-0.15, -0.1) is 0 Å². The second-order valence-electron chi connectivity index (χ2n) is 4.50. The van der Waals surface area contributed by atoms with Crippen LogP contribution < -0.4 is 4.90 Å². The van der Waals surface area contributed by atoms with Crippen LogP contribution in [0.15, 0.2) is 18.2 Å². The van der Waals surface area contributed by atoms with E-state index >= 15 is 0 Å². The first-order valence-electron chi connectivity index (χ1n) is 6.35. The van der Waals surface area contributed by atoms with E-state index in [0.29, 0.717) is 6.61 Å². The number of benzene rings is 1. The monoisotopic (exact) mass is 267 g/mol. The summed E-state index contributed by atoms with van der Waals surface area (Å²) < 4.78 is 5.09. The normalized spacial score (nSPS) is 16.1. The number of nitrogens with zero attached hydrogens (tertiary/aromatic N) is 1. The second-order valence-corrected chi connectivity index (χ2v) is 4.93. The van der Waals surface area contributed by atoms with Gasteiger partial charge < -0.3 is 9.64 Å². The van der Waals surface area contributed by atoms with Gasteiger partial charge in [-0.3, -0.25) is 0 Å². The molecule has 0 unspecified atom stereocenters. The minimum absolute atomic E-state index is 0.166. The number of hydrogen-bond acceptors (Lipinski definition) is 3. The van der Waals surface area contributed by atoms with Gasteiger partial charge >= 0.3 is 5.97 Å². The molecule has 98 valence electrons. The predicted octanol–water partition coefficient (Wildman–Crippen LogP) is 3.04. The maximum absolute atomic E-state index is 11.8. The first-order chi connectivity index (χ1) is 8.63. The van der Waals surface area contributed by atoms with Crippen LogP contribution in [0.25, 0.3) is 0 Å². The van der Waals surface area contributed by atoms with Crippen molar-refractivity contribution in [3.05, 3.63) is 28.8 Å². The number of rotatable bonds is 3. The molecule has 0 aliphatic carbocycles. The van der Waals surface area contributed by atoms with Crippen molar-refractivity contribution in [2.45, 2.75) is 32.7 Å². The number of halogens is 1. The van der Waals surface area contributed by atoms with Crippen LogP contribution in [0, 0.1) is 0 Å². The zero-order chi connectivity index (χ0) is 13.1. The molecule has 1 heterocycles. The molecule has 0 N–H and O–H groups in total. The highest BCUT2D eigenvalue weighted by Gasteiger charge is 2.26. The highest BCUT2D eigenvalue weighted by atomic mass is 35.5. The lowest BCUT2D eigenvalue weighted by Gasteiger charge is -2.35. The van der Waals surface area contributed by atoms with E-state index in [1.165, 1.54) is 5.56 Å². The summed E-state index contributed by atoms with van der Waals surface area (Å²) in [5.41, 5.74) is 2.32. The molecule has 1 aromatic rings. The molecule has 0 aromatic heterocycles. The molecule has 2 rings (SSSR count). The van der Waals surface area contributed by atoms with Crippen LogP contribution >= 0.6 is 11.6 Å². The minimum atomic E-state index is -0.245. The number of esters is 1. The third-order valence-corrected chi connectivity index (χ3v) is 3.53. The Balaban J connectivity index is 2.24. The summed E-state index contributed by atoms with van der Waals surface area (Å²) in [5.74, 6) is -0.166. The molecule has 0 bridgehead atoms. The van der Waals surface area contributed by atoms with E-state index in [9.17, 15) is 4.79 Å². The van der Waals surface area contributed by atoms with Crippen molar-refractivity contribution in [2.24, 2.45) is 0 Å². The van der Waals surface area contributed by atoms with Crippen molar-refractivity contribution >= 4 is 23.3 Å². The molecule has 1 aromatic carbocycles. The average molecular weight is 268 g/mol. The van der Waals surface area contributed by atoms with Gasteiger partial charge in [0.1, 0.15) is 6.04 Å². The Morgan fingerprint density at radius 3 is 3.06 bits per heavy atom. The summed E-state index contributed by atoms with van der Waals surface area (Å²) in [5, 5.41) is 0.749. The molecular weight excluding hydrogens is 250 g/mol. The fourth-order valence-corrected chi connectivity index (χ4v) is 2.58. The van der Waals surface area contributed by atoms with Gasteiger partial charge in [-0.05, 0) is 50.5 Å². The Hall–Kier alpha value is -1.22. The van der Waals surface area contributed by atoms with E-state index in [1.807, 2.05) is 32.0 Å². The lowest BCUT2D eigenvalue weighted by atomic mass is 10.0. The van der Waals surface area contributed by atoms with E-state index in [4.69, 9.17) is 16.3 Å². The standard InChI is InChI=1S/C14H18ClNO2/c1-3-18-14(17)10(2)16-8-4-5-11-9-12(15)6-7-13(11)16/h6-7,9-10H,3-5,8H2,1-2H3/t10-/m1/s1.